The van der Waals surface area contributed by atoms with Crippen molar-refractivity contribution < 1.29 is 14.6 Å². The number of esters is 1. The SMILES string of the molecule is CCOC(=O)C1=C(O)/C(=C\c2cc(C)n(-c3ccc(SC)cc3)c2C)N=C1C. The molecule has 0 bridgehead atoms. The molecule has 1 aromatic heterocycles. The van der Waals surface area contributed by atoms with E-state index in [0.29, 0.717) is 11.4 Å². The number of benzene rings is 1. The van der Waals surface area contributed by atoms with Gasteiger partial charge in [0.15, 0.2) is 5.76 Å². The van der Waals surface area contributed by atoms with Gasteiger partial charge in [-0.15, -0.1) is 11.8 Å². The Kier molecular flexibility index (Phi) is 5.79. The lowest BCUT2D eigenvalue weighted by atomic mass is 10.1. The van der Waals surface area contributed by atoms with Crippen molar-refractivity contribution in [1.82, 2.24) is 4.57 Å². The third-order valence-corrected chi connectivity index (χ3v) is 5.45. The monoisotopic (exact) mass is 396 g/mol. The molecule has 2 heterocycles. The second kappa shape index (κ2) is 8.10. The Labute approximate surface area is 169 Å². The lowest BCUT2D eigenvalue weighted by Gasteiger charge is -2.10. The van der Waals surface area contributed by atoms with Gasteiger partial charge in [-0.2, -0.15) is 0 Å². The van der Waals surface area contributed by atoms with Crippen LogP contribution in [0.3, 0.4) is 0 Å². The molecule has 1 aliphatic heterocycles. The maximum atomic E-state index is 12.1. The average Bonchev–Trinajstić information content (AvgIpc) is 3.10. The van der Waals surface area contributed by atoms with Gasteiger partial charge in [-0.1, -0.05) is 0 Å². The highest BCUT2D eigenvalue weighted by molar-refractivity contribution is 7.98. The molecule has 0 radical (unpaired) electrons. The summed E-state index contributed by atoms with van der Waals surface area (Å²) in [5.74, 6) is -0.686. The number of hydrogen-bond donors (Lipinski definition) is 1. The molecule has 5 nitrogen and oxygen atoms in total. The van der Waals surface area contributed by atoms with E-state index in [4.69, 9.17) is 4.74 Å². The smallest absolute Gasteiger partial charge is 0.343 e. The summed E-state index contributed by atoms with van der Waals surface area (Å²) in [6.07, 6.45) is 3.86. The number of nitrogens with zero attached hydrogens (tertiary/aromatic N) is 2. The van der Waals surface area contributed by atoms with E-state index in [-0.39, 0.29) is 17.9 Å². The van der Waals surface area contributed by atoms with E-state index < -0.39 is 5.97 Å². The molecule has 0 atom stereocenters. The number of carbonyl (C=O) groups excluding carboxylic acids is 1. The molecule has 1 aliphatic rings. The second-order valence-electron chi connectivity index (χ2n) is 6.53. The van der Waals surface area contributed by atoms with Crippen LogP contribution in [0.1, 0.15) is 30.8 Å². The van der Waals surface area contributed by atoms with Crippen LogP contribution in [0.2, 0.25) is 0 Å². The Balaban J connectivity index is 2.01. The van der Waals surface area contributed by atoms with Gasteiger partial charge < -0.3 is 14.4 Å². The molecule has 0 aliphatic carbocycles. The molecule has 0 unspecified atom stereocenters. The van der Waals surface area contributed by atoms with Gasteiger partial charge in [-0.3, -0.25) is 0 Å². The van der Waals surface area contributed by atoms with Crippen LogP contribution in [0.25, 0.3) is 11.8 Å². The third kappa shape index (κ3) is 3.64. The quantitative estimate of drug-likeness (QED) is 0.570. The minimum atomic E-state index is -0.552. The topological polar surface area (TPSA) is 63.8 Å². The normalized spacial score (nSPS) is 15.3. The Bertz CT molecular complexity index is 1010. The summed E-state index contributed by atoms with van der Waals surface area (Å²) in [5.41, 5.74) is 5.10. The molecule has 0 saturated carbocycles. The largest absolute Gasteiger partial charge is 0.505 e. The molecular formula is C22H24N2O3S. The zero-order valence-corrected chi connectivity index (χ0v) is 17.6. The summed E-state index contributed by atoms with van der Waals surface area (Å²) in [6, 6.07) is 10.4. The Morgan fingerprint density at radius 2 is 1.93 bits per heavy atom. The van der Waals surface area contributed by atoms with Crippen LogP contribution in [0.4, 0.5) is 0 Å². The van der Waals surface area contributed by atoms with Crippen molar-refractivity contribution in [3.8, 4) is 5.69 Å². The fourth-order valence-corrected chi connectivity index (χ4v) is 3.76. The van der Waals surface area contributed by atoms with Crippen molar-refractivity contribution in [2.45, 2.75) is 32.6 Å². The minimum absolute atomic E-state index is 0.134. The fourth-order valence-electron chi connectivity index (χ4n) is 3.35. The zero-order valence-electron chi connectivity index (χ0n) is 16.7. The molecule has 1 aromatic carbocycles. The van der Waals surface area contributed by atoms with Gasteiger partial charge in [0, 0.05) is 22.0 Å². The van der Waals surface area contributed by atoms with Gasteiger partial charge in [0.05, 0.1) is 12.3 Å². The first kappa shape index (κ1) is 20.0. The van der Waals surface area contributed by atoms with Gasteiger partial charge in [-0.05, 0) is 75.9 Å². The van der Waals surface area contributed by atoms with E-state index in [1.807, 2.05) is 19.9 Å². The van der Waals surface area contributed by atoms with Crippen molar-refractivity contribution >= 4 is 29.5 Å². The predicted octanol–water partition coefficient (Wildman–Crippen LogP) is 5.01. The van der Waals surface area contributed by atoms with Crippen molar-refractivity contribution in [1.29, 1.82) is 0 Å². The van der Waals surface area contributed by atoms with Crippen molar-refractivity contribution in [2.75, 3.05) is 12.9 Å². The molecule has 6 heteroatoms. The van der Waals surface area contributed by atoms with E-state index in [1.54, 1.807) is 31.7 Å². The summed E-state index contributed by atoms with van der Waals surface area (Å²) < 4.78 is 7.18. The van der Waals surface area contributed by atoms with E-state index in [2.05, 4.69) is 40.1 Å². The lowest BCUT2D eigenvalue weighted by Crippen LogP contribution is -2.13. The van der Waals surface area contributed by atoms with Crippen LogP contribution in [-0.4, -0.2) is 34.2 Å². The van der Waals surface area contributed by atoms with Crippen molar-refractivity contribution in [2.24, 2.45) is 4.99 Å². The van der Waals surface area contributed by atoms with E-state index in [9.17, 15) is 9.90 Å². The summed E-state index contributed by atoms with van der Waals surface area (Å²) in [5, 5.41) is 10.5. The number of aliphatic imine (C=N–C) groups is 1. The van der Waals surface area contributed by atoms with E-state index in [1.165, 1.54) is 4.90 Å². The number of aryl methyl sites for hydroxylation is 1. The molecular weight excluding hydrogens is 372 g/mol. The van der Waals surface area contributed by atoms with Crippen molar-refractivity contribution in [3.05, 3.63) is 64.3 Å². The van der Waals surface area contributed by atoms with Crippen LogP contribution < -0.4 is 0 Å². The molecule has 0 fully saturated rings. The Morgan fingerprint density at radius 1 is 1.25 bits per heavy atom. The maximum Gasteiger partial charge on any atom is 0.343 e. The summed E-state index contributed by atoms with van der Waals surface area (Å²) in [6.45, 7) is 7.74. The number of carbonyl (C=O) groups is 1. The molecule has 28 heavy (non-hydrogen) atoms. The van der Waals surface area contributed by atoms with E-state index >= 15 is 0 Å². The van der Waals surface area contributed by atoms with Crippen LogP contribution in [0.15, 0.2) is 57.2 Å². The van der Waals surface area contributed by atoms with E-state index in [0.717, 1.165) is 22.6 Å². The number of aliphatic hydroxyl groups excluding tert-OH is 1. The number of thioether (sulfide) groups is 1. The Morgan fingerprint density at radius 3 is 2.54 bits per heavy atom. The van der Waals surface area contributed by atoms with Crippen LogP contribution in [0, 0.1) is 13.8 Å². The van der Waals surface area contributed by atoms with Crippen LogP contribution in [-0.2, 0) is 9.53 Å². The molecule has 0 spiro atoms. The first-order valence-corrected chi connectivity index (χ1v) is 10.3. The Hall–Kier alpha value is -2.73. The molecule has 0 saturated heterocycles. The highest BCUT2D eigenvalue weighted by atomic mass is 32.2. The fraction of sp³-hybridized carbons (Fsp3) is 0.273. The molecule has 0 amide bonds. The molecule has 2 aromatic rings. The summed E-state index contributed by atoms with van der Waals surface area (Å²) in [7, 11) is 0. The van der Waals surface area contributed by atoms with Gasteiger partial charge in [0.25, 0.3) is 0 Å². The molecule has 3 rings (SSSR count). The number of ether oxygens (including phenoxy) is 1. The number of rotatable bonds is 5. The van der Waals surface area contributed by atoms with Gasteiger partial charge in [0.2, 0.25) is 0 Å². The summed E-state index contributed by atoms with van der Waals surface area (Å²) >= 11 is 1.71. The predicted molar refractivity (Wildman–Crippen MR) is 114 cm³/mol. The highest BCUT2D eigenvalue weighted by Crippen LogP contribution is 2.29. The maximum absolute atomic E-state index is 12.1. The molecule has 146 valence electrons. The first-order valence-electron chi connectivity index (χ1n) is 9.08. The van der Waals surface area contributed by atoms with Crippen molar-refractivity contribution in [3.63, 3.8) is 0 Å². The van der Waals surface area contributed by atoms with Crippen LogP contribution >= 0.6 is 11.8 Å². The van der Waals surface area contributed by atoms with Gasteiger partial charge in [0.1, 0.15) is 11.3 Å². The third-order valence-electron chi connectivity index (χ3n) is 4.70. The summed E-state index contributed by atoms with van der Waals surface area (Å²) in [4.78, 5) is 17.7. The van der Waals surface area contributed by atoms with Crippen LogP contribution in [0.5, 0.6) is 0 Å². The highest BCUT2D eigenvalue weighted by Gasteiger charge is 2.28. The van der Waals surface area contributed by atoms with Gasteiger partial charge in [-0.25, -0.2) is 9.79 Å². The second-order valence-corrected chi connectivity index (χ2v) is 7.41. The number of aromatic nitrogens is 1. The first-order chi connectivity index (χ1) is 13.4. The lowest BCUT2D eigenvalue weighted by molar-refractivity contribution is -0.138. The van der Waals surface area contributed by atoms with Gasteiger partial charge >= 0.3 is 5.97 Å². The minimum Gasteiger partial charge on any atom is -0.505 e. The number of hydrogen-bond acceptors (Lipinski definition) is 5. The molecule has 1 N–H and O–H groups in total. The zero-order chi connectivity index (χ0) is 20.4. The number of aliphatic hydroxyl groups is 1. The average molecular weight is 397 g/mol. The standard InChI is InChI=1S/C22H24N2O3S/c1-6-27-22(26)20-14(3)23-19(21(20)25)12-16-11-13(2)24(15(16)4)17-7-9-18(28-5)10-8-17/h7-12,25H,6H2,1-5H3/b19-12+.